The van der Waals surface area contributed by atoms with E-state index >= 15 is 4.79 Å². The lowest BCUT2D eigenvalue weighted by Gasteiger charge is -2.51. The van der Waals surface area contributed by atoms with Crippen LogP contribution in [0.3, 0.4) is 0 Å². The normalized spacial score (nSPS) is 31.0. The molecular formula is C46H52N4O12S4. The van der Waals surface area contributed by atoms with E-state index < -0.39 is 71.4 Å². The Kier molecular flexibility index (Phi) is 16.3. The summed E-state index contributed by atoms with van der Waals surface area (Å²) >= 11 is 1.06. The van der Waals surface area contributed by atoms with Crippen molar-refractivity contribution in [3.05, 3.63) is 71.2 Å². The number of aromatic hydroxyl groups is 1. The molecule has 2 bridgehead atoms. The lowest BCUT2D eigenvalue weighted by Crippen LogP contribution is -2.69. The van der Waals surface area contributed by atoms with Gasteiger partial charge in [0, 0.05) is 59.0 Å². The molecule has 1 amide bonds. The van der Waals surface area contributed by atoms with Crippen molar-refractivity contribution in [3.63, 3.8) is 0 Å². The smallest absolute Gasteiger partial charge is 0.411 e. The van der Waals surface area contributed by atoms with Gasteiger partial charge in [-0.25, -0.2) is 4.79 Å². The largest absolute Gasteiger partial charge is 0.508 e. The molecule has 66 heavy (non-hydrogen) atoms. The number of phenols is 1. The summed E-state index contributed by atoms with van der Waals surface area (Å²) < 4.78 is 35.5. The topological polar surface area (TPSA) is 220 Å². The average Bonchev–Trinajstić information content (AvgIpc) is 3.66. The van der Waals surface area contributed by atoms with Gasteiger partial charge in [0.1, 0.15) is 34.5 Å². The van der Waals surface area contributed by atoms with Crippen molar-refractivity contribution in [1.82, 2.24) is 20.6 Å². The summed E-state index contributed by atoms with van der Waals surface area (Å²) in [5.41, 5.74) is -1.07. The minimum absolute atomic E-state index is 0.00929. The van der Waals surface area contributed by atoms with Crippen molar-refractivity contribution < 1.29 is 58.1 Å². The van der Waals surface area contributed by atoms with Gasteiger partial charge < -0.3 is 54.0 Å². The van der Waals surface area contributed by atoms with Gasteiger partial charge in [0.2, 0.25) is 5.78 Å². The number of carbonyl (C=O) groups is 3. The summed E-state index contributed by atoms with van der Waals surface area (Å²) in [4.78, 5) is 50.1. The Morgan fingerprint density at radius 3 is 2.65 bits per heavy atom. The fourth-order valence-corrected chi connectivity index (χ4v) is 12.2. The monoisotopic (exact) mass is 980 g/mol. The van der Waals surface area contributed by atoms with Crippen LogP contribution in [-0.4, -0.2) is 148 Å². The zero-order valence-corrected chi connectivity index (χ0v) is 40.5. The zero-order valence-electron chi connectivity index (χ0n) is 37.2. The zero-order chi connectivity index (χ0) is 47.3. The first kappa shape index (κ1) is 49.9. The maximum Gasteiger partial charge on any atom is 0.411 e. The van der Waals surface area contributed by atoms with Gasteiger partial charge in [0.05, 0.1) is 49.6 Å². The van der Waals surface area contributed by atoms with Crippen LogP contribution in [0.5, 0.6) is 5.75 Å². The standard InChI is InChI=1S/C46H52N4O12S4/c1-24(2)48-31-23-59-35(21-34(31)57-4)62-40-42(54)46(63-6,41(53)39-37-27(15-18-47-39)28-20-26(51)13-14-30(28)49-37)25(3)60-43(40)61-33-12-10-8-9-11-17-45(56)22-32(52)38(50-44(55)58-5)36(33)29(45)16-19-65-66-64-7/h8-9,13-16,18,20,24-25,31,33-35,40,42-43,48-49,51,54,56H,19,21-23H2,1-7H3,(H,50,55)/b9-8-,29-16?/t25-,31+,33+,34+,35+,40-,42-,43-,45+,46-/m1/s1. The second-order valence-corrected chi connectivity index (χ2v) is 21.5. The molecule has 1 aromatic carbocycles. The lowest BCUT2D eigenvalue weighted by molar-refractivity contribution is -0.323. The molecule has 3 aromatic rings. The number of benzene rings is 1. The van der Waals surface area contributed by atoms with E-state index in [9.17, 15) is 24.9 Å². The highest BCUT2D eigenvalue weighted by Crippen LogP contribution is 2.47. The van der Waals surface area contributed by atoms with Crippen LogP contribution >= 0.6 is 43.2 Å². The van der Waals surface area contributed by atoms with Crippen molar-refractivity contribution in [2.45, 2.75) is 99.1 Å². The number of aliphatic hydroxyl groups is 2. The minimum atomic E-state index is -2.04. The van der Waals surface area contributed by atoms with Gasteiger partial charge in [-0.15, -0.1) is 11.8 Å². The first-order valence-electron chi connectivity index (χ1n) is 21.0. The first-order chi connectivity index (χ1) is 31.7. The molecule has 2 aliphatic heterocycles. The number of thioether (sulfide) groups is 1. The van der Waals surface area contributed by atoms with E-state index in [1.807, 2.05) is 20.1 Å². The van der Waals surface area contributed by atoms with Crippen molar-refractivity contribution >= 4 is 82.6 Å². The molecule has 2 aliphatic carbocycles. The third-order valence-corrected chi connectivity index (χ3v) is 16.9. The van der Waals surface area contributed by atoms with Crippen LogP contribution in [-0.2, 0) is 33.2 Å². The molecule has 0 unspecified atom stereocenters. The fraction of sp³-hybridized carbons (Fsp3) is 0.478. The number of hydrogen-bond acceptors (Lipinski definition) is 18. The summed E-state index contributed by atoms with van der Waals surface area (Å²) in [6, 6.07) is 6.49. The van der Waals surface area contributed by atoms with Crippen LogP contribution in [0.25, 0.3) is 21.8 Å². The van der Waals surface area contributed by atoms with E-state index in [0.29, 0.717) is 27.6 Å². The molecule has 0 radical (unpaired) electrons. The third kappa shape index (κ3) is 10.1. The number of allylic oxidation sites excluding steroid dienone is 3. The highest BCUT2D eigenvalue weighted by molar-refractivity contribution is 9.09. The van der Waals surface area contributed by atoms with Crippen molar-refractivity contribution in [2.75, 3.05) is 39.1 Å². The number of fused-ring (bicyclic) bond motifs is 5. The van der Waals surface area contributed by atoms with Crippen LogP contribution in [0, 0.1) is 23.7 Å². The highest BCUT2D eigenvalue weighted by atomic mass is 33.5. The summed E-state index contributed by atoms with van der Waals surface area (Å²) in [5.74, 6) is 10.7. The summed E-state index contributed by atoms with van der Waals surface area (Å²) in [6.45, 7) is 5.83. The molecule has 0 spiro atoms. The predicted molar refractivity (Wildman–Crippen MR) is 257 cm³/mol. The van der Waals surface area contributed by atoms with Gasteiger partial charge >= 0.3 is 6.09 Å². The quantitative estimate of drug-likeness (QED) is 0.0500. The number of carbonyl (C=O) groups excluding carboxylic acids is 3. The number of ketones is 2. The molecule has 0 saturated carbocycles. The number of nitrogens with zero attached hydrogens (tertiary/aromatic N) is 1. The number of alkyl carbamates (subject to hydrolysis) is 1. The molecule has 7 rings (SSSR count). The number of amides is 1. The first-order valence-corrected chi connectivity index (χ1v) is 26.3. The molecule has 20 heteroatoms. The third-order valence-electron chi connectivity index (χ3n) is 11.7. The lowest BCUT2D eigenvalue weighted by atomic mass is 9.75. The molecule has 4 heterocycles. The second kappa shape index (κ2) is 21.5. The molecule has 10 atom stereocenters. The number of hydrogen-bond donors (Lipinski definition) is 6. The number of nitrogens with one attached hydrogen (secondary N) is 3. The maximum absolute atomic E-state index is 15.3. The Labute approximate surface area is 398 Å². The van der Waals surface area contributed by atoms with Crippen LogP contribution in [0.4, 0.5) is 4.79 Å². The Balaban J connectivity index is 1.35. The molecule has 4 aliphatic rings. The highest BCUT2D eigenvalue weighted by Gasteiger charge is 2.61. The van der Waals surface area contributed by atoms with E-state index in [-0.39, 0.29) is 59.5 Å². The predicted octanol–water partition coefficient (Wildman–Crippen LogP) is 5.19. The number of aliphatic hydroxyl groups excluding tert-OH is 1. The SMILES string of the molecule is COC(=O)NC1=C2C(=CCSSSC)[C@](O)(C#C/C=C\C#C[C@@H]2O[C@H]2O[C@H](C)[C@@](SC)(C(=O)c3nccc4c3[nH]c3ccc(O)cc34)[C@H](O)[C@H]2O[C@H]2C[C@H](OC)[C@@H](NC(C)C)CO2)CC1=O. The van der Waals surface area contributed by atoms with Crippen molar-refractivity contribution in [1.29, 1.82) is 0 Å². The number of aromatic amines is 1. The Bertz CT molecular complexity index is 2560. The number of rotatable bonds is 15. The maximum atomic E-state index is 15.3. The Hall–Kier alpha value is -4.00. The van der Waals surface area contributed by atoms with E-state index in [1.54, 1.807) is 44.6 Å². The molecule has 352 valence electrons. The van der Waals surface area contributed by atoms with Gasteiger partial charge in [-0.2, -0.15) is 0 Å². The number of phenolic OH excluding ortho intramolecular Hbond substituents is 1. The average molecular weight is 981 g/mol. The Morgan fingerprint density at radius 1 is 1.14 bits per heavy atom. The van der Waals surface area contributed by atoms with Crippen LogP contribution < -0.4 is 10.6 Å². The van der Waals surface area contributed by atoms with Gasteiger partial charge in [-0.3, -0.25) is 19.9 Å². The van der Waals surface area contributed by atoms with Crippen molar-refractivity contribution in [2.24, 2.45) is 0 Å². The summed E-state index contributed by atoms with van der Waals surface area (Å²) in [5, 5.41) is 42.8. The van der Waals surface area contributed by atoms with Crippen molar-refractivity contribution in [3.8, 4) is 29.4 Å². The van der Waals surface area contributed by atoms with E-state index in [0.717, 1.165) is 18.9 Å². The molecule has 2 saturated heterocycles. The Morgan fingerprint density at radius 2 is 1.92 bits per heavy atom. The van der Waals surface area contributed by atoms with Crippen LogP contribution in [0.1, 0.15) is 44.1 Å². The molecule has 16 nitrogen and oxygen atoms in total. The summed E-state index contributed by atoms with van der Waals surface area (Å²) in [7, 11) is 7.24. The second-order valence-electron chi connectivity index (χ2n) is 16.1. The van der Waals surface area contributed by atoms with Crippen LogP contribution in [0.15, 0.2) is 65.5 Å². The number of aromatic nitrogens is 2. The van der Waals surface area contributed by atoms with Crippen LogP contribution in [0.2, 0.25) is 0 Å². The molecule has 2 aromatic heterocycles. The number of methoxy groups -OCH3 is 2. The van der Waals surface area contributed by atoms with Gasteiger partial charge in [0.25, 0.3) is 0 Å². The van der Waals surface area contributed by atoms with Gasteiger partial charge in [-0.05, 0) is 65.7 Å². The van der Waals surface area contributed by atoms with E-state index in [2.05, 4.69) is 44.3 Å². The number of pyridine rings is 1. The number of ether oxygens (including phenoxy) is 6. The molecule has 2 fully saturated rings. The van der Waals surface area contributed by atoms with Gasteiger partial charge in [0.15, 0.2) is 24.0 Å². The molecular weight excluding hydrogens is 929 g/mol. The van der Waals surface area contributed by atoms with Gasteiger partial charge in [-0.1, -0.05) is 65.2 Å². The summed E-state index contributed by atoms with van der Waals surface area (Å²) in [6.07, 6.45) is -0.292. The number of Topliss-reactive ketones (excluding diaryl/α,β-unsaturated/α-hetero) is 2. The van der Waals surface area contributed by atoms with E-state index in [1.165, 1.54) is 55.8 Å². The minimum Gasteiger partial charge on any atom is -0.508 e. The van der Waals surface area contributed by atoms with E-state index in [4.69, 9.17) is 28.4 Å². The molecule has 6 N–H and O–H groups in total. The fourth-order valence-electron chi connectivity index (χ4n) is 8.73. The number of H-pyrrole nitrogens is 1.